The Bertz CT molecular complexity index is 528. The maximum absolute atomic E-state index is 12.2. The summed E-state index contributed by atoms with van der Waals surface area (Å²) >= 11 is 1.92. The molecule has 2 fully saturated rings. The first-order valence-corrected chi connectivity index (χ1v) is 10.3. The van der Waals surface area contributed by atoms with Crippen LogP contribution in [0.15, 0.2) is 24.3 Å². The molecule has 3 rings (SSSR count). The number of amides is 1. The lowest BCUT2D eigenvalue weighted by Gasteiger charge is -2.33. The van der Waals surface area contributed by atoms with Crippen LogP contribution in [0.25, 0.3) is 0 Å². The van der Waals surface area contributed by atoms with Gasteiger partial charge in [-0.15, -0.1) is 0 Å². The lowest BCUT2D eigenvalue weighted by molar-refractivity contribution is -0.116. The summed E-state index contributed by atoms with van der Waals surface area (Å²) in [6.07, 6.45) is 4.53. The Kier molecular flexibility index (Phi) is 6.58. The molecule has 1 aromatic carbocycles. The number of rotatable bonds is 5. The van der Waals surface area contributed by atoms with Crippen LogP contribution in [0.3, 0.4) is 0 Å². The van der Waals surface area contributed by atoms with Gasteiger partial charge in [0, 0.05) is 48.8 Å². The first kappa shape index (κ1) is 17.8. The van der Waals surface area contributed by atoms with Crippen molar-refractivity contribution < 1.29 is 4.79 Å². The summed E-state index contributed by atoms with van der Waals surface area (Å²) < 4.78 is 0. The Labute approximate surface area is 149 Å². The van der Waals surface area contributed by atoms with Crippen molar-refractivity contribution in [1.29, 1.82) is 0 Å². The molecule has 1 aromatic rings. The summed E-state index contributed by atoms with van der Waals surface area (Å²) in [6.45, 7) is 5.54. The minimum Gasteiger partial charge on any atom is -0.326 e. The fraction of sp³-hybridized carbons (Fsp3) is 0.632. The maximum Gasteiger partial charge on any atom is 0.225 e. The van der Waals surface area contributed by atoms with Gasteiger partial charge in [0.2, 0.25) is 5.91 Å². The third kappa shape index (κ3) is 5.23. The van der Waals surface area contributed by atoms with Crippen molar-refractivity contribution >= 4 is 23.4 Å². The topological polar surface area (TPSA) is 44.4 Å². The zero-order valence-electron chi connectivity index (χ0n) is 14.6. The number of likely N-dealkylation sites (tertiary alicyclic amines) is 1. The molecule has 2 aliphatic rings. The van der Waals surface area contributed by atoms with E-state index >= 15 is 0 Å². The largest absolute Gasteiger partial charge is 0.326 e. The number of carbonyl (C=O) groups is 1. The van der Waals surface area contributed by atoms with Gasteiger partial charge in [-0.05, 0) is 44.0 Å². The summed E-state index contributed by atoms with van der Waals surface area (Å²) in [7, 11) is 0. The van der Waals surface area contributed by atoms with E-state index in [9.17, 15) is 4.79 Å². The lowest BCUT2D eigenvalue weighted by Crippen LogP contribution is -2.39. The highest BCUT2D eigenvalue weighted by molar-refractivity contribution is 7.99. The van der Waals surface area contributed by atoms with Crippen molar-refractivity contribution in [1.82, 2.24) is 10.2 Å². The zero-order valence-corrected chi connectivity index (χ0v) is 15.4. The maximum atomic E-state index is 12.2. The highest BCUT2D eigenvalue weighted by Crippen LogP contribution is 2.20. The van der Waals surface area contributed by atoms with Gasteiger partial charge in [-0.2, -0.15) is 11.8 Å². The Balaban J connectivity index is 1.47. The lowest BCUT2D eigenvalue weighted by atomic mass is 10.0. The molecule has 132 valence electrons. The molecular formula is C19H29N3OS. The van der Waals surface area contributed by atoms with Crippen molar-refractivity contribution in [3.63, 3.8) is 0 Å². The number of nitrogens with one attached hydrogen (secondary N) is 2. The third-order valence-electron chi connectivity index (χ3n) is 4.99. The number of thioether (sulfide) groups is 1. The van der Waals surface area contributed by atoms with E-state index in [4.69, 9.17) is 0 Å². The minimum atomic E-state index is 0.104. The number of benzene rings is 1. The second-order valence-electron chi connectivity index (χ2n) is 6.99. The van der Waals surface area contributed by atoms with Crippen molar-refractivity contribution in [3.05, 3.63) is 29.8 Å². The van der Waals surface area contributed by atoms with Crippen LogP contribution in [0, 0.1) is 0 Å². The Morgan fingerprint density at radius 2 is 2.17 bits per heavy atom. The molecule has 0 saturated carbocycles. The molecule has 2 atom stereocenters. The second kappa shape index (κ2) is 8.88. The van der Waals surface area contributed by atoms with Crippen LogP contribution in [-0.4, -0.2) is 47.5 Å². The third-order valence-corrected chi connectivity index (χ3v) is 6.13. The normalized spacial score (nSPS) is 25.4. The summed E-state index contributed by atoms with van der Waals surface area (Å²) in [6, 6.07) is 9.34. The first-order valence-electron chi connectivity index (χ1n) is 9.14. The summed E-state index contributed by atoms with van der Waals surface area (Å²) in [5, 5.41) is 6.43. The fourth-order valence-electron chi connectivity index (χ4n) is 3.51. The van der Waals surface area contributed by atoms with Crippen LogP contribution in [-0.2, 0) is 11.3 Å². The van der Waals surface area contributed by atoms with E-state index in [0.29, 0.717) is 18.5 Å². The number of piperidine rings is 1. The first-order chi connectivity index (χ1) is 11.7. The molecule has 2 unspecified atom stereocenters. The van der Waals surface area contributed by atoms with Crippen LogP contribution in [0.4, 0.5) is 5.69 Å². The second-order valence-corrected chi connectivity index (χ2v) is 8.14. The van der Waals surface area contributed by atoms with E-state index in [0.717, 1.165) is 30.3 Å². The highest BCUT2D eigenvalue weighted by Gasteiger charge is 2.18. The van der Waals surface area contributed by atoms with Crippen LogP contribution >= 0.6 is 11.8 Å². The molecule has 2 heterocycles. The molecular weight excluding hydrogens is 318 g/mol. The van der Waals surface area contributed by atoms with Crippen LogP contribution < -0.4 is 10.6 Å². The Morgan fingerprint density at radius 1 is 1.33 bits per heavy atom. The van der Waals surface area contributed by atoms with Gasteiger partial charge in [0.25, 0.3) is 0 Å². The minimum absolute atomic E-state index is 0.104. The molecule has 1 amide bonds. The van der Waals surface area contributed by atoms with Gasteiger partial charge < -0.3 is 10.6 Å². The molecule has 5 heteroatoms. The Hall–Kier alpha value is -1.04. The predicted molar refractivity (Wildman–Crippen MR) is 103 cm³/mol. The van der Waals surface area contributed by atoms with E-state index < -0.39 is 0 Å². The van der Waals surface area contributed by atoms with Gasteiger partial charge in [0.1, 0.15) is 0 Å². The molecule has 0 spiro atoms. The number of carbonyl (C=O) groups excluding carboxylic acids is 1. The van der Waals surface area contributed by atoms with Crippen molar-refractivity contribution in [2.24, 2.45) is 0 Å². The molecule has 4 nitrogen and oxygen atoms in total. The summed E-state index contributed by atoms with van der Waals surface area (Å²) in [5.41, 5.74) is 2.23. The molecule has 2 aliphatic heterocycles. The van der Waals surface area contributed by atoms with Crippen LogP contribution in [0.2, 0.25) is 0 Å². The quantitative estimate of drug-likeness (QED) is 0.859. The van der Waals surface area contributed by atoms with E-state index in [1.165, 1.54) is 31.4 Å². The van der Waals surface area contributed by atoms with Crippen molar-refractivity contribution in [2.45, 2.75) is 51.2 Å². The van der Waals surface area contributed by atoms with Gasteiger partial charge in [-0.3, -0.25) is 9.69 Å². The monoisotopic (exact) mass is 347 g/mol. The summed E-state index contributed by atoms with van der Waals surface area (Å²) in [5.74, 6) is 2.28. The number of hydrogen-bond donors (Lipinski definition) is 2. The zero-order chi connectivity index (χ0) is 16.8. The van der Waals surface area contributed by atoms with Gasteiger partial charge in [0.05, 0.1) is 0 Å². The van der Waals surface area contributed by atoms with Gasteiger partial charge in [0.15, 0.2) is 0 Å². The van der Waals surface area contributed by atoms with Crippen LogP contribution in [0.1, 0.15) is 38.2 Å². The van der Waals surface area contributed by atoms with Gasteiger partial charge in [-0.1, -0.05) is 18.6 Å². The molecule has 24 heavy (non-hydrogen) atoms. The Morgan fingerprint density at radius 3 is 2.88 bits per heavy atom. The average Bonchev–Trinajstić information content (AvgIpc) is 2.59. The smallest absolute Gasteiger partial charge is 0.225 e. The fourth-order valence-corrected chi connectivity index (χ4v) is 4.46. The standard InChI is InChI=1S/C19H29N3OS/c1-15-4-2-3-10-22(15)13-16-5-7-17(8-6-16)21-19(23)12-18-14-24-11-9-20-18/h5-8,15,18,20H,2-4,9-14H2,1H3,(H,21,23). The van der Waals surface area contributed by atoms with E-state index in [2.05, 4.69) is 34.6 Å². The molecule has 0 bridgehead atoms. The molecule has 2 saturated heterocycles. The molecule has 0 radical (unpaired) electrons. The van der Waals surface area contributed by atoms with E-state index in [-0.39, 0.29) is 5.91 Å². The van der Waals surface area contributed by atoms with Gasteiger partial charge >= 0.3 is 0 Å². The van der Waals surface area contributed by atoms with E-state index in [1.54, 1.807) is 0 Å². The number of hydrogen-bond acceptors (Lipinski definition) is 4. The van der Waals surface area contributed by atoms with Crippen molar-refractivity contribution in [2.75, 3.05) is 29.9 Å². The van der Waals surface area contributed by atoms with Gasteiger partial charge in [-0.25, -0.2) is 0 Å². The highest BCUT2D eigenvalue weighted by atomic mass is 32.2. The SMILES string of the molecule is CC1CCCCN1Cc1ccc(NC(=O)CC2CSCCN2)cc1. The molecule has 0 aliphatic carbocycles. The van der Waals surface area contributed by atoms with Crippen molar-refractivity contribution in [3.8, 4) is 0 Å². The van der Waals surface area contributed by atoms with E-state index in [1.807, 2.05) is 23.9 Å². The number of anilines is 1. The molecule has 2 N–H and O–H groups in total. The number of nitrogens with zero attached hydrogens (tertiary/aromatic N) is 1. The summed E-state index contributed by atoms with van der Waals surface area (Å²) in [4.78, 5) is 14.7. The predicted octanol–water partition coefficient (Wildman–Crippen LogP) is 3.09. The average molecular weight is 348 g/mol. The van der Waals surface area contributed by atoms with Crippen LogP contribution in [0.5, 0.6) is 0 Å². The molecule has 0 aromatic heterocycles.